The summed E-state index contributed by atoms with van der Waals surface area (Å²) >= 11 is 1.88. The number of nitrogens with one attached hydrogen (secondary N) is 1. The van der Waals surface area contributed by atoms with Gasteiger partial charge in [-0.1, -0.05) is 6.92 Å². The molecule has 1 saturated heterocycles. The Morgan fingerprint density at radius 3 is 2.92 bits per heavy atom. The maximum absolute atomic E-state index is 11.6. The molecule has 24 heavy (non-hydrogen) atoms. The number of benzene rings is 1. The molecule has 0 saturated carbocycles. The number of H-pyrrole nitrogens is 1. The highest BCUT2D eigenvalue weighted by molar-refractivity contribution is 7.99. The van der Waals surface area contributed by atoms with Gasteiger partial charge in [-0.3, -0.25) is 9.69 Å². The summed E-state index contributed by atoms with van der Waals surface area (Å²) in [7, 11) is 1.47. The van der Waals surface area contributed by atoms with Crippen LogP contribution in [-0.4, -0.2) is 46.8 Å². The molecule has 0 bridgehead atoms. The van der Waals surface area contributed by atoms with Crippen LogP contribution in [0.4, 0.5) is 0 Å². The van der Waals surface area contributed by atoms with Gasteiger partial charge in [0, 0.05) is 4.90 Å². The van der Waals surface area contributed by atoms with Gasteiger partial charge in [0.1, 0.15) is 5.82 Å². The average Bonchev–Trinajstić information content (AvgIpc) is 3.01. The molecule has 1 aromatic carbocycles. The van der Waals surface area contributed by atoms with Gasteiger partial charge >= 0.3 is 5.97 Å². The highest BCUT2D eigenvalue weighted by Crippen LogP contribution is 2.24. The maximum atomic E-state index is 11.6. The number of carbonyl (C=O) groups excluding carboxylic acids is 1. The number of rotatable bonds is 6. The van der Waals surface area contributed by atoms with Crippen LogP contribution in [0.15, 0.2) is 23.1 Å². The second kappa shape index (κ2) is 8.03. The number of ether oxygens (including phenoxy) is 1. The zero-order valence-corrected chi connectivity index (χ0v) is 15.2. The normalized spacial score (nSPS) is 16.6. The molecular weight excluding hydrogens is 322 g/mol. The number of piperidine rings is 1. The van der Waals surface area contributed by atoms with Crippen LogP contribution in [-0.2, 0) is 16.1 Å². The van der Waals surface area contributed by atoms with Gasteiger partial charge < -0.3 is 9.72 Å². The van der Waals surface area contributed by atoms with Crippen LogP contribution >= 0.6 is 11.8 Å². The largest absolute Gasteiger partial charge is 0.469 e. The van der Waals surface area contributed by atoms with Crippen molar-refractivity contribution in [1.82, 2.24) is 14.9 Å². The molecule has 0 unspecified atom stereocenters. The van der Waals surface area contributed by atoms with Crippen molar-refractivity contribution in [3.05, 3.63) is 24.0 Å². The first-order valence-electron chi connectivity index (χ1n) is 8.61. The molecule has 1 fully saturated rings. The first kappa shape index (κ1) is 17.3. The fraction of sp³-hybridized carbons (Fsp3) is 0.556. The Kier molecular flexibility index (Phi) is 5.79. The van der Waals surface area contributed by atoms with Crippen molar-refractivity contribution < 1.29 is 9.53 Å². The topological polar surface area (TPSA) is 58.2 Å². The molecule has 2 heterocycles. The van der Waals surface area contributed by atoms with E-state index in [-0.39, 0.29) is 11.9 Å². The Morgan fingerprint density at radius 1 is 1.42 bits per heavy atom. The molecule has 1 aliphatic rings. The van der Waals surface area contributed by atoms with Gasteiger partial charge in [0.25, 0.3) is 0 Å². The molecule has 2 aromatic rings. The van der Waals surface area contributed by atoms with Crippen molar-refractivity contribution in [1.29, 1.82) is 0 Å². The van der Waals surface area contributed by atoms with Gasteiger partial charge in [-0.05, 0) is 56.3 Å². The molecule has 0 atom stereocenters. The quantitative estimate of drug-likeness (QED) is 0.641. The van der Waals surface area contributed by atoms with Crippen LogP contribution in [0.3, 0.4) is 0 Å². The monoisotopic (exact) mass is 347 g/mol. The molecule has 6 heteroatoms. The van der Waals surface area contributed by atoms with E-state index in [0.29, 0.717) is 0 Å². The number of esters is 1. The highest BCUT2D eigenvalue weighted by atomic mass is 32.2. The summed E-state index contributed by atoms with van der Waals surface area (Å²) < 4.78 is 4.84. The molecule has 0 aliphatic carbocycles. The van der Waals surface area contributed by atoms with E-state index in [2.05, 4.69) is 35.0 Å². The average molecular weight is 347 g/mol. The summed E-state index contributed by atoms with van der Waals surface area (Å²) in [6.07, 6.45) is 2.91. The molecule has 0 radical (unpaired) electrons. The Labute approximate surface area is 147 Å². The fourth-order valence-corrected chi connectivity index (χ4v) is 3.94. The van der Waals surface area contributed by atoms with Crippen molar-refractivity contribution in [2.75, 3.05) is 26.0 Å². The van der Waals surface area contributed by atoms with Gasteiger partial charge in [-0.15, -0.1) is 11.8 Å². The smallest absolute Gasteiger partial charge is 0.308 e. The molecular formula is C18H25N3O2S. The third-order valence-electron chi connectivity index (χ3n) is 4.47. The van der Waals surface area contributed by atoms with Gasteiger partial charge in [-0.25, -0.2) is 4.98 Å². The number of aromatic amines is 1. The van der Waals surface area contributed by atoms with E-state index < -0.39 is 0 Å². The Balaban J connectivity index is 1.60. The van der Waals surface area contributed by atoms with Crippen molar-refractivity contribution in [3.63, 3.8) is 0 Å². The molecule has 5 nitrogen and oxygen atoms in total. The Morgan fingerprint density at radius 2 is 2.21 bits per heavy atom. The van der Waals surface area contributed by atoms with Crippen molar-refractivity contribution in [3.8, 4) is 0 Å². The Hall–Kier alpha value is -1.53. The second-order valence-corrected chi connectivity index (χ2v) is 7.45. The third kappa shape index (κ3) is 4.11. The van der Waals surface area contributed by atoms with E-state index >= 15 is 0 Å². The van der Waals surface area contributed by atoms with Crippen LogP contribution in [0.2, 0.25) is 0 Å². The summed E-state index contributed by atoms with van der Waals surface area (Å²) in [5.74, 6) is 2.12. The number of fused-ring (bicyclic) bond motifs is 1. The number of methoxy groups -OCH3 is 1. The first-order valence-corrected chi connectivity index (χ1v) is 9.59. The molecule has 0 amide bonds. The SMILES string of the molecule is CCCSc1ccc2nc(CN3CCC(C(=O)OC)CC3)[nH]c2c1. The van der Waals surface area contributed by atoms with Crippen molar-refractivity contribution in [2.45, 2.75) is 37.6 Å². The first-order chi connectivity index (χ1) is 11.7. The van der Waals surface area contributed by atoms with Crippen LogP contribution in [0.25, 0.3) is 11.0 Å². The van der Waals surface area contributed by atoms with E-state index in [1.165, 1.54) is 18.4 Å². The van der Waals surface area contributed by atoms with Gasteiger partial charge in [0.15, 0.2) is 0 Å². The van der Waals surface area contributed by atoms with E-state index in [1.807, 2.05) is 11.8 Å². The summed E-state index contributed by atoms with van der Waals surface area (Å²) in [4.78, 5) is 23.4. The van der Waals surface area contributed by atoms with Gasteiger partial charge in [0.2, 0.25) is 0 Å². The van der Waals surface area contributed by atoms with Crippen LogP contribution in [0.1, 0.15) is 32.0 Å². The number of aromatic nitrogens is 2. The third-order valence-corrected chi connectivity index (χ3v) is 5.67. The summed E-state index contributed by atoms with van der Waals surface area (Å²) in [5.41, 5.74) is 2.13. The molecule has 1 N–H and O–H groups in total. The summed E-state index contributed by atoms with van der Waals surface area (Å²) in [6, 6.07) is 6.43. The van der Waals surface area contributed by atoms with E-state index in [9.17, 15) is 4.79 Å². The number of hydrogen-bond acceptors (Lipinski definition) is 5. The lowest BCUT2D eigenvalue weighted by Crippen LogP contribution is -2.36. The molecule has 3 rings (SSSR count). The van der Waals surface area contributed by atoms with Gasteiger partial charge in [-0.2, -0.15) is 0 Å². The molecule has 1 aliphatic heterocycles. The minimum atomic E-state index is -0.0736. The molecule has 1 aromatic heterocycles. The predicted octanol–water partition coefficient (Wildman–Crippen LogP) is 3.45. The fourth-order valence-electron chi connectivity index (χ4n) is 3.13. The van der Waals surface area contributed by atoms with Crippen LogP contribution in [0, 0.1) is 5.92 Å². The minimum absolute atomic E-state index is 0.0556. The number of nitrogens with zero attached hydrogens (tertiary/aromatic N) is 2. The lowest BCUT2D eigenvalue weighted by molar-refractivity contribution is -0.147. The number of carbonyl (C=O) groups is 1. The maximum Gasteiger partial charge on any atom is 0.308 e. The number of thioether (sulfide) groups is 1. The van der Waals surface area contributed by atoms with Crippen molar-refractivity contribution >= 4 is 28.8 Å². The predicted molar refractivity (Wildman–Crippen MR) is 97.1 cm³/mol. The van der Waals surface area contributed by atoms with Crippen LogP contribution < -0.4 is 0 Å². The number of hydrogen-bond donors (Lipinski definition) is 1. The summed E-state index contributed by atoms with van der Waals surface area (Å²) in [6.45, 7) is 4.83. The lowest BCUT2D eigenvalue weighted by Gasteiger charge is -2.29. The van der Waals surface area contributed by atoms with E-state index in [1.54, 1.807) is 0 Å². The van der Waals surface area contributed by atoms with E-state index in [4.69, 9.17) is 9.72 Å². The zero-order chi connectivity index (χ0) is 16.9. The highest BCUT2D eigenvalue weighted by Gasteiger charge is 2.25. The van der Waals surface area contributed by atoms with Gasteiger partial charge in [0.05, 0.1) is 30.6 Å². The zero-order valence-electron chi connectivity index (χ0n) is 14.4. The van der Waals surface area contributed by atoms with E-state index in [0.717, 1.165) is 55.1 Å². The van der Waals surface area contributed by atoms with Crippen LogP contribution in [0.5, 0.6) is 0 Å². The molecule has 130 valence electrons. The summed E-state index contributed by atoms with van der Waals surface area (Å²) in [5, 5.41) is 0. The Bertz CT molecular complexity index is 693. The second-order valence-electron chi connectivity index (χ2n) is 6.28. The lowest BCUT2D eigenvalue weighted by atomic mass is 9.97. The van der Waals surface area contributed by atoms with Crippen molar-refractivity contribution in [2.24, 2.45) is 5.92 Å². The number of imidazole rings is 1. The molecule has 0 spiro atoms. The standard InChI is InChI=1S/C18H25N3O2S/c1-3-10-24-14-4-5-15-16(11-14)20-17(19-15)12-21-8-6-13(7-9-21)18(22)23-2/h4-5,11,13H,3,6-10,12H2,1-2H3,(H,19,20). The minimum Gasteiger partial charge on any atom is -0.469 e. The number of likely N-dealkylation sites (tertiary alicyclic amines) is 1.